The molecular formula is C15H20N2O. The zero-order chi connectivity index (χ0) is 13.0. The Morgan fingerprint density at radius 1 is 1.22 bits per heavy atom. The van der Waals surface area contributed by atoms with E-state index in [0.717, 1.165) is 18.5 Å². The van der Waals surface area contributed by atoms with Crippen LogP contribution in [0.25, 0.3) is 10.8 Å². The van der Waals surface area contributed by atoms with E-state index < -0.39 is 0 Å². The van der Waals surface area contributed by atoms with Gasteiger partial charge in [-0.2, -0.15) is 0 Å². The van der Waals surface area contributed by atoms with Crippen molar-refractivity contribution in [3.05, 3.63) is 36.0 Å². The SMILES string of the molecule is COc1ncc(CNCC(C)C)c2ccccc12. The highest BCUT2D eigenvalue weighted by atomic mass is 16.5. The second-order valence-electron chi connectivity index (χ2n) is 4.86. The van der Waals surface area contributed by atoms with Crippen LogP contribution in [0.15, 0.2) is 30.5 Å². The van der Waals surface area contributed by atoms with Crippen LogP contribution in [-0.2, 0) is 6.54 Å². The molecule has 0 saturated carbocycles. The largest absolute Gasteiger partial charge is 0.481 e. The molecule has 0 fully saturated rings. The molecule has 0 amide bonds. The lowest BCUT2D eigenvalue weighted by Gasteiger charge is -2.11. The Bertz CT molecular complexity index is 523. The highest BCUT2D eigenvalue weighted by Gasteiger charge is 2.07. The van der Waals surface area contributed by atoms with E-state index in [9.17, 15) is 0 Å². The number of rotatable bonds is 5. The summed E-state index contributed by atoms with van der Waals surface area (Å²) in [6.07, 6.45) is 1.90. The van der Waals surface area contributed by atoms with E-state index in [0.29, 0.717) is 11.8 Å². The third kappa shape index (κ3) is 2.79. The van der Waals surface area contributed by atoms with Crippen molar-refractivity contribution < 1.29 is 4.74 Å². The number of aromatic nitrogens is 1. The molecule has 2 rings (SSSR count). The van der Waals surface area contributed by atoms with Gasteiger partial charge in [0.2, 0.25) is 5.88 Å². The highest BCUT2D eigenvalue weighted by Crippen LogP contribution is 2.25. The van der Waals surface area contributed by atoms with Crippen LogP contribution in [0.1, 0.15) is 19.4 Å². The molecule has 0 spiro atoms. The van der Waals surface area contributed by atoms with E-state index in [2.05, 4.69) is 30.2 Å². The van der Waals surface area contributed by atoms with E-state index in [1.807, 2.05) is 24.4 Å². The minimum Gasteiger partial charge on any atom is -0.481 e. The summed E-state index contributed by atoms with van der Waals surface area (Å²) >= 11 is 0. The Hall–Kier alpha value is -1.61. The van der Waals surface area contributed by atoms with Crippen LogP contribution in [0.2, 0.25) is 0 Å². The first-order valence-electron chi connectivity index (χ1n) is 6.33. The first kappa shape index (κ1) is 12.8. The molecular weight excluding hydrogens is 224 g/mol. The van der Waals surface area contributed by atoms with Gasteiger partial charge < -0.3 is 10.1 Å². The first-order chi connectivity index (χ1) is 8.72. The van der Waals surface area contributed by atoms with Gasteiger partial charge in [-0.3, -0.25) is 0 Å². The van der Waals surface area contributed by atoms with Gasteiger partial charge in [0, 0.05) is 18.1 Å². The minimum absolute atomic E-state index is 0.655. The monoisotopic (exact) mass is 244 g/mol. The molecule has 0 saturated heterocycles. The molecule has 0 bridgehead atoms. The highest BCUT2D eigenvalue weighted by molar-refractivity contribution is 5.89. The Morgan fingerprint density at radius 3 is 2.61 bits per heavy atom. The van der Waals surface area contributed by atoms with Crippen molar-refractivity contribution in [1.82, 2.24) is 10.3 Å². The third-order valence-corrected chi connectivity index (χ3v) is 2.90. The summed E-state index contributed by atoms with van der Waals surface area (Å²) in [4.78, 5) is 4.36. The third-order valence-electron chi connectivity index (χ3n) is 2.90. The zero-order valence-corrected chi connectivity index (χ0v) is 11.2. The van der Waals surface area contributed by atoms with Crippen molar-refractivity contribution in [2.24, 2.45) is 5.92 Å². The molecule has 0 aliphatic carbocycles. The molecule has 3 nitrogen and oxygen atoms in total. The molecule has 96 valence electrons. The van der Waals surface area contributed by atoms with Crippen LogP contribution in [0.4, 0.5) is 0 Å². The van der Waals surface area contributed by atoms with Crippen molar-refractivity contribution in [2.75, 3.05) is 13.7 Å². The van der Waals surface area contributed by atoms with Crippen LogP contribution >= 0.6 is 0 Å². The van der Waals surface area contributed by atoms with Gasteiger partial charge in [0.1, 0.15) is 0 Å². The van der Waals surface area contributed by atoms with E-state index in [-0.39, 0.29) is 0 Å². The van der Waals surface area contributed by atoms with Crippen molar-refractivity contribution in [3.63, 3.8) is 0 Å². The molecule has 0 unspecified atom stereocenters. The van der Waals surface area contributed by atoms with E-state index in [1.54, 1.807) is 7.11 Å². The minimum atomic E-state index is 0.655. The molecule has 18 heavy (non-hydrogen) atoms. The number of nitrogens with zero attached hydrogens (tertiary/aromatic N) is 1. The number of pyridine rings is 1. The van der Waals surface area contributed by atoms with Crippen molar-refractivity contribution in [1.29, 1.82) is 0 Å². The van der Waals surface area contributed by atoms with E-state index >= 15 is 0 Å². The molecule has 1 aromatic carbocycles. The van der Waals surface area contributed by atoms with Gasteiger partial charge in [-0.05, 0) is 29.5 Å². The maximum absolute atomic E-state index is 5.29. The Morgan fingerprint density at radius 2 is 1.94 bits per heavy atom. The summed E-state index contributed by atoms with van der Waals surface area (Å²) < 4.78 is 5.29. The smallest absolute Gasteiger partial charge is 0.221 e. The van der Waals surface area contributed by atoms with Gasteiger partial charge in [0.05, 0.1) is 7.11 Å². The Kier molecular flexibility index (Phi) is 4.15. The topological polar surface area (TPSA) is 34.1 Å². The van der Waals surface area contributed by atoms with Crippen LogP contribution in [0.5, 0.6) is 5.88 Å². The predicted molar refractivity (Wildman–Crippen MR) is 74.8 cm³/mol. The molecule has 1 N–H and O–H groups in total. The number of fused-ring (bicyclic) bond motifs is 1. The number of hydrogen-bond acceptors (Lipinski definition) is 3. The molecule has 0 aliphatic heterocycles. The lowest BCUT2D eigenvalue weighted by atomic mass is 10.1. The summed E-state index contributed by atoms with van der Waals surface area (Å²) in [6, 6.07) is 8.23. The summed E-state index contributed by atoms with van der Waals surface area (Å²) in [5.41, 5.74) is 1.21. The zero-order valence-electron chi connectivity index (χ0n) is 11.2. The van der Waals surface area contributed by atoms with E-state index in [4.69, 9.17) is 4.74 Å². The quantitative estimate of drug-likeness (QED) is 0.878. The lowest BCUT2D eigenvalue weighted by Crippen LogP contribution is -2.19. The molecule has 0 radical (unpaired) electrons. The van der Waals surface area contributed by atoms with Crippen LogP contribution in [-0.4, -0.2) is 18.6 Å². The van der Waals surface area contributed by atoms with Gasteiger partial charge >= 0.3 is 0 Å². The van der Waals surface area contributed by atoms with E-state index in [1.165, 1.54) is 10.9 Å². The average Bonchev–Trinajstić information content (AvgIpc) is 2.38. The fourth-order valence-corrected chi connectivity index (χ4v) is 2.02. The normalized spacial score (nSPS) is 11.1. The predicted octanol–water partition coefficient (Wildman–Crippen LogP) is 2.99. The molecule has 3 heteroatoms. The molecule has 2 aromatic rings. The summed E-state index contributed by atoms with van der Waals surface area (Å²) in [5.74, 6) is 1.35. The number of hydrogen-bond donors (Lipinski definition) is 1. The Labute approximate surface area is 108 Å². The van der Waals surface area contributed by atoms with Gasteiger partial charge in [-0.15, -0.1) is 0 Å². The average molecular weight is 244 g/mol. The second-order valence-corrected chi connectivity index (χ2v) is 4.86. The molecule has 0 atom stereocenters. The second kappa shape index (κ2) is 5.83. The fourth-order valence-electron chi connectivity index (χ4n) is 2.02. The Balaban J connectivity index is 2.28. The number of nitrogens with one attached hydrogen (secondary N) is 1. The summed E-state index contributed by atoms with van der Waals surface area (Å²) in [6.45, 7) is 6.27. The van der Waals surface area contributed by atoms with Gasteiger partial charge in [0.15, 0.2) is 0 Å². The van der Waals surface area contributed by atoms with Crippen LogP contribution in [0.3, 0.4) is 0 Å². The number of methoxy groups -OCH3 is 1. The first-order valence-corrected chi connectivity index (χ1v) is 6.33. The van der Waals surface area contributed by atoms with Crippen LogP contribution < -0.4 is 10.1 Å². The number of ether oxygens (including phenoxy) is 1. The van der Waals surface area contributed by atoms with Crippen LogP contribution in [0, 0.1) is 5.92 Å². The maximum Gasteiger partial charge on any atom is 0.221 e. The maximum atomic E-state index is 5.29. The van der Waals surface area contributed by atoms with Gasteiger partial charge in [-0.25, -0.2) is 4.98 Å². The summed E-state index contributed by atoms with van der Waals surface area (Å²) in [7, 11) is 1.66. The van der Waals surface area contributed by atoms with Crippen molar-refractivity contribution >= 4 is 10.8 Å². The van der Waals surface area contributed by atoms with Gasteiger partial charge in [0.25, 0.3) is 0 Å². The fraction of sp³-hybridized carbons (Fsp3) is 0.400. The number of benzene rings is 1. The standard InChI is InChI=1S/C15H20N2O/c1-11(2)8-16-9-12-10-17-15(18-3)14-7-5-4-6-13(12)14/h4-7,10-11,16H,8-9H2,1-3H3. The molecule has 0 aliphatic rings. The lowest BCUT2D eigenvalue weighted by molar-refractivity contribution is 0.403. The van der Waals surface area contributed by atoms with Gasteiger partial charge in [-0.1, -0.05) is 32.0 Å². The molecule has 1 heterocycles. The summed E-state index contributed by atoms with van der Waals surface area (Å²) in [5, 5.41) is 5.73. The van der Waals surface area contributed by atoms with Crippen molar-refractivity contribution in [2.45, 2.75) is 20.4 Å². The molecule has 1 aromatic heterocycles. The van der Waals surface area contributed by atoms with Crippen molar-refractivity contribution in [3.8, 4) is 5.88 Å².